The van der Waals surface area contributed by atoms with Crippen molar-refractivity contribution in [2.45, 2.75) is 134 Å². The average molecular weight is 867 g/mol. The number of aliphatic imine (C=N–C) groups is 1. The first kappa shape index (κ1) is 42.9. The van der Waals surface area contributed by atoms with Gasteiger partial charge >= 0.3 is 0 Å². The summed E-state index contributed by atoms with van der Waals surface area (Å²) in [5.74, 6) is 1.33. The van der Waals surface area contributed by atoms with E-state index in [-0.39, 0.29) is 30.0 Å². The number of thiophene rings is 1. The van der Waals surface area contributed by atoms with Crippen molar-refractivity contribution in [2.24, 2.45) is 4.99 Å². The molecule has 4 amide bonds. The molecule has 14 heteroatoms. The summed E-state index contributed by atoms with van der Waals surface area (Å²) in [6.07, 6.45) is 11.7. The number of fused-ring (bicyclic) bond motifs is 5. The Hall–Kier alpha value is -4.72. The number of piperidine rings is 1. The third kappa shape index (κ3) is 9.11. The second-order valence-electron chi connectivity index (χ2n) is 17.1. The predicted octanol–water partition coefficient (Wildman–Crippen LogP) is 8.25. The van der Waals surface area contributed by atoms with Crippen LogP contribution in [0.2, 0.25) is 5.02 Å². The smallest absolute Gasteiger partial charge is 0.263 e. The number of rotatable bonds is 16. The Morgan fingerprint density at radius 1 is 0.902 bits per heavy atom. The lowest BCUT2D eigenvalue weighted by Gasteiger charge is -2.34. The fourth-order valence-electron chi connectivity index (χ4n) is 9.40. The van der Waals surface area contributed by atoms with Crippen molar-refractivity contribution in [3.05, 3.63) is 97.9 Å². The number of carbonyl (C=O) groups is 4. The minimum Gasteiger partial charge on any atom is -0.356 e. The van der Waals surface area contributed by atoms with Gasteiger partial charge < -0.3 is 15.0 Å². The lowest BCUT2D eigenvalue weighted by Crippen LogP contribution is -2.54. The molecule has 3 saturated heterocycles. The number of ether oxygens (including phenoxy) is 1. The number of aromatic nitrogens is 3. The van der Waals surface area contributed by atoms with E-state index in [9.17, 15) is 19.2 Å². The normalized spacial score (nSPS) is 21.1. The molecule has 4 aliphatic heterocycles. The molecule has 2 aromatic heterocycles. The van der Waals surface area contributed by atoms with Crippen LogP contribution in [0.25, 0.3) is 5.00 Å². The molecule has 4 aliphatic rings. The maximum atomic E-state index is 13.3. The molecular formula is C47H56ClN7O5S. The summed E-state index contributed by atoms with van der Waals surface area (Å²) in [7, 11) is 0. The van der Waals surface area contributed by atoms with E-state index in [1.165, 1.54) is 10.4 Å². The van der Waals surface area contributed by atoms with E-state index in [1.54, 1.807) is 11.3 Å². The van der Waals surface area contributed by atoms with Gasteiger partial charge in [0.15, 0.2) is 11.4 Å². The van der Waals surface area contributed by atoms with Crippen LogP contribution in [0.1, 0.15) is 146 Å². The van der Waals surface area contributed by atoms with Crippen LogP contribution < -0.4 is 10.6 Å². The number of amides is 4. The van der Waals surface area contributed by atoms with E-state index in [1.807, 2.05) is 48.2 Å². The van der Waals surface area contributed by atoms with Crippen LogP contribution in [0.4, 0.5) is 0 Å². The first-order chi connectivity index (χ1) is 29.5. The summed E-state index contributed by atoms with van der Waals surface area (Å²) >= 11 is 7.94. The van der Waals surface area contributed by atoms with E-state index < -0.39 is 17.7 Å². The van der Waals surface area contributed by atoms with Crippen molar-refractivity contribution in [3.8, 4) is 5.00 Å². The lowest BCUT2D eigenvalue weighted by atomic mass is 9.85. The zero-order valence-electron chi connectivity index (χ0n) is 35.4. The van der Waals surface area contributed by atoms with E-state index in [0.717, 1.165) is 116 Å². The van der Waals surface area contributed by atoms with Gasteiger partial charge in [0.1, 0.15) is 23.0 Å². The SMILES string of the molecule is Cc1sc2c(c1C)C(c1ccc(Cl)cc1)=N[C@@H](CC(=O)NCCCCCCCCCCC(=O)N1CCC(c3ccc([C@@]45CC[C@@H](O4)C(=O)NC5=O)cc3)CC1)c1nnc(C)n1-2. The molecule has 12 nitrogen and oxygen atoms in total. The highest BCUT2D eigenvalue weighted by molar-refractivity contribution is 7.15. The number of aryl methyl sites for hydroxylation is 2. The Balaban J connectivity index is 0.703. The van der Waals surface area contributed by atoms with Gasteiger partial charge in [-0.05, 0) is 94.0 Å². The third-order valence-corrected chi connectivity index (χ3v) is 14.5. The van der Waals surface area contributed by atoms with Gasteiger partial charge in [-0.2, -0.15) is 0 Å². The van der Waals surface area contributed by atoms with Crippen LogP contribution in [-0.2, 0) is 29.5 Å². The Bertz CT molecular complexity index is 2300. The Kier molecular flexibility index (Phi) is 13.2. The summed E-state index contributed by atoms with van der Waals surface area (Å²) in [6, 6.07) is 15.3. The Labute approximate surface area is 366 Å². The number of benzene rings is 2. The van der Waals surface area contributed by atoms with Gasteiger partial charge in [0, 0.05) is 47.1 Å². The number of imide groups is 1. The number of carbonyl (C=O) groups excluding carboxylic acids is 4. The van der Waals surface area contributed by atoms with Crippen LogP contribution in [0.3, 0.4) is 0 Å². The number of nitrogens with zero attached hydrogens (tertiary/aromatic N) is 5. The van der Waals surface area contributed by atoms with E-state index >= 15 is 0 Å². The molecule has 8 rings (SSSR count). The Morgan fingerprint density at radius 2 is 1.59 bits per heavy atom. The zero-order chi connectivity index (χ0) is 42.7. The minimum absolute atomic E-state index is 0.0473. The summed E-state index contributed by atoms with van der Waals surface area (Å²) in [5.41, 5.74) is 4.96. The monoisotopic (exact) mass is 865 g/mol. The summed E-state index contributed by atoms with van der Waals surface area (Å²) < 4.78 is 8.00. The molecular weight excluding hydrogens is 810 g/mol. The summed E-state index contributed by atoms with van der Waals surface area (Å²) in [6.45, 7) is 8.34. The number of morpholine rings is 1. The Morgan fingerprint density at radius 3 is 2.31 bits per heavy atom. The first-order valence-electron chi connectivity index (χ1n) is 22.1. The van der Waals surface area contributed by atoms with Crippen LogP contribution in [0, 0.1) is 20.8 Å². The molecule has 0 saturated carbocycles. The number of nitrogens with one attached hydrogen (secondary N) is 2. The van der Waals surface area contributed by atoms with Gasteiger partial charge in [-0.25, -0.2) is 0 Å². The second-order valence-corrected chi connectivity index (χ2v) is 18.7. The number of likely N-dealkylation sites (tertiary alicyclic amines) is 1. The zero-order valence-corrected chi connectivity index (χ0v) is 37.0. The number of halogens is 1. The van der Waals surface area contributed by atoms with Gasteiger partial charge in [0.2, 0.25) is 11.8 Å². The number of hydrogen-bond acceptors (Lipinski definition) is 9. The first-order valence-corrected chi connectivity index (χ1v) is 23.3. The predicted molar refractivity (Wildman–Crippen MR) is 236 cm³/mol. The van der Waals surface area contributed by atoms with Crippen molar-refractivity contribution in [1.82, 2.24) is 30.3 Å². The van der Waals surface area contributed by atoms with Gasteiger partial charge in [0.05, 0.1) is 12.1 Å². The van der Waals surface area contributed by atoms with Crippen molar-refractivity contribution in [2.75, 3.05) is 19.6 Å². The minimum atomic E-state index is -1.06. The molecule has 3 atom stereocenters. The third-order valence-electron chi connectivity index (χ3n) is 13.1. The van der Waals surface area contributed by atoms with Gasteiger partial charge in [0.25, 0.3) is 11.8 Å². The summed E-state index contributed by atoms with van der Waals surface area (Å²) in [4.78, 5) is 59.4. The van der Waals surface area contributed by atoms with Gasteiger partial charge in [-0.15, -0.1) is 21.5 Å². The van der Waals surface area contributed by atoms with Crippen molar-refractivity contribution in [3.63, 3.8) is 0 Å². The fourth-order valence-corrected chi connectivity index (χ4v) is 10.7. The fraction of sp³-hybridized carbons (Fsp3) is 0.511. The average Bonchev–Trinajstić information content (AvgIpc) is 3.92. The molecule has 3 fully saturated rings. The molecule has 6 heterocycles. The van der Waals surface area contributed by atoms with Crippen molar-refractivity contribution in [1.29, 1.82) is 0 Å². The highest BCUT2D eigenvalue weighted by Gasteiger charge is 2.54. The van der Waals surface area contributed by atoms with Crippen LogP contribution in [0.5, 0.6) is 0 Å². The van der Waals surface area contributed by atoms with Crippen molar-refractivity contribution >= 4 is 52.3 Å². The quantitative estimate of drug-likeness (QED) is 0.0852. The highest BCUT2D eigenvalue weighted by Crippen LogP contribution is 2.43. The largest absolute Gasteiger partial charge is 0.356 e. The standard InChI is InChI=1S/C47H56ClN7O5S/c1-29-30(2)61-45-41(29)42(34-15-19-36(48)20-16-34)50-37(43-53-52-31(3)55(43)45)28-39(56)49-25-11-9-7-5-4-6-8-10-12-40(57)54-26-22-33(23-27-54)32-13-17-35(18-14-32)47-24-21-38(60-47)44(58)51-46(47)59/h13-20,33,37-38H,4-12,21-28H2,1-3H3,(H,49,56)(H,51,58,59)/t37-,38+,47+/m0/s1. The number of unbranched alkanes of at least 4 members (excludes halogenated alkanes) is 7. The van der Waals surface area contributed by atoms with Gasteiger partial charge in [-0.3, -0.25) is 34.1 Å². The molecule has 4 aromatic rings. The van der Waals surface area contributed by atoms with E-state index in [4.69, 9.17) is 21.3 Å². The maximum absolute atomic E-state index is 13.3. The topological polar surface area (TPSA) is 148 Å². The maximum Gasteiger partial charge on any atom is 0.263 e. The molecule has 2 N–H and O–H groups in total. The van der Waals surface area contributed by atoms with Crippen molar-refractivity contribution < 1.29 is 23.9 Å². The molecule has 2 bridgehead atoms. The summed E-state index contributed by atoms with van der Waals surface area (Å²) in [5, 5.41) is 16.2. The molecule has 0 radical (unpaired) electrons. The molecule has 2 aromatic carbocycles. The molecule has 322 valence electrons. The van der Waals surface area contributed by atoms with Crippen LogP contribution in [-0.4, -0.2) is 74.7 Å². The highest BCUT2D eigenvalue weighted by atomic mass is 35.5. The van der Waals surface area contributed by atoms with Gasteiger partial charge in [-0.1, -0.05) is 86.5 Å². The van der Waals surface area contributed by atoms with Crippen LogP contribution >= 0.6 is 22.9 Å². The second kappa shape index (κ2) is 18.7. The van der Waals surface area contributed by atoms with E-state index in [2.05, 4.69) is 51.4 Å². The molecule has 0 spiro atoms. The number of hydrogen-bond donors (Lipinski definition) is 2. The van der Waals surface area contributed by atoms with Crippen LogP contribution in [0.15, 0.2) is 53.5 Å². The lowest BCUT2D eigenvalue weighted by molar-refractivity contribution is -0.165. The molecule has 61 heavy (non-hydrogen) atoms. The molecule has 0 aliphatic carbocycles. The molecule has 0 unspecified atom stereocenters. The van der Waals surface area contributed by atoms with E-state index in [0.29, 0.717) is 42.6 Å².